The van der Waals surface area contributed by atoms with E-state index in [1.54, 1.807) is 17.9 Å². The van der Waals surface area contributed by atoms with Crippen LogP contribution in [0.3, 0.4) is 0 Å². The zero-order valence-corrected chi connectivity index (χ0v) is 13.3. The van der Waals surface area contributed by atoms with Gasteiger partial charge in [-0.05, 0) is 30.5 Å². The summed E-state index contributed by atoms with van der Waals surface area (Å²) in [4.78, 5) is 30.1. The van der Waals surface area contributed by atoms with Gasteiger partial charge in [-0.15, -0.1) is 10.2 Å². The van der Waals surface area contributed by atoms with Crippen LogP contribution in [0.4, 0.5) is 5.13 Å². The zero-order valence-electron chi connectivity index (χ0n) is 12.5. The fraction of sp³-hybridized carbons (Fsp3) is 0.400. The van der Waals surface area contributed by atoms with Crippen molar-refractivity contribution in [2.24, 2.45) is 0 Å². The van der Waals surface area contributed by atoms with E-state index in [9.17, 15) is 9.59 Å². The molecule has 2 amide bonds. The van der Waals surface area contributed by atoms with Crippen molar-refractivity contribution in [3.63, 3.8) is 0 Å². The molecule has 0 unspecified atom stereocenters. The first kappa shape index (κ1) is 15.5. The minimum absolute atomic E-state index is 0.0109. The summed E-state index contributed by atoms with van der Waals surface area (Å²) in [6.07, 6.45) is 5.87. The number of rotatable bonds is 7. The Kier molecular flexibility index (Phi) is 4.92. The molecule has 120 valence electrons. The summed E-state index contributed by atoms with van der Waals surface area (Å²) < 4.78 is 0. The number of nitrogens with one attached hydrogen (secondary N) is 1. The monoisotopic (exact) mass is 331 g/mol. The molecule has 0 spiro atoms. The average molecular weight is 331 g/mol. The minimum atomic E-state index is -0.213. The van der Waals surface area contributed by atoms with Gasteiger partial charge in [0.1, 0.15) is 5.51 Å². The fourth-order valence-corrected chi connectivity index (χ4v) is 2.73. The number of anilines is 1. The quantitative estimate of drug-likeness (QED) is 0.836. The molecule has 2 aromatic rings. The van der Waals surface area contributed by atoms with Gasteiger partial charge in [0, 0.05) is 37.8 Å². The molecule has 1 aliphatic rings. The van der Waals surface area contributed by atoms with E-state index in [0.717, 1.165) is 18.4 Å². The number of carbonyl (C=O) groups excluding carboxylic acids is 2. The van der Waals surface area contributed by atoms with E-state index in [1.807, 2.05) is 17.0 Å². The molecule has 2 heterocycles. The summed E-state index contributed by atoms with van der Waals surface area (Å²) in [6.45, 7) is 0.573. The molecule has 1 aliphatic carbocycles. The van der Waals surface area contributed by atoms with E-state index in [-0.39, 0.29) is 24.7 Å². The summed E-state index contributed by atoms with van der Waals surface area (Å²) in [5.41, 5.74) is 2.60. The van der Waals surface area contributed by atoms with E-state index >= 15 is 0 Å². The van der Waals surface area contributed by atoms with Gasteiger partial charge < -0.3 is 10.2 Å². The molecule has 0 aliphatic heterocycles. The normalized spacial score (nSPS) is 13.6. The molecule has 7 nitrogen and oxygen atoms in total. The maximum absolute atomic E-state index is 12.4. The van der Waals surface area contributed by atoms with Crippen molar-refractivity contribution < 1.29 is 9.59 Å². The summed E-state index contributed by atoms with van der Waals surface area (Å²) >= 11 is 1.25. The van der Waals surface area contributed by atoms with Crippen molar-refractivity contribution in [1.29, 1.82) is 0 Å². The maximum Gasteiger partial charge on any atom is 0.226 e. The lowest BCUT2D eigenvalue weighted by atomic mass is 10.2. The van der Waals surface area contributed by atoms with Crippen LogP contribution in [0.1, 0.15) is 31.2 Å². The highest BCUT2D eigenvalue weighted by Crippen LogP contribution is 2.29. The van der Waals surface area contributed by atoms with Crippen molar-refractivity contribution in [3.8, 4) is 0 Å². The predicted octanol–water partition coefficient (Wildman–Crippen LogP) is 1.84. The smallest absolute Gasteiger partial charge is 0.226 e. The van der Waals surface area contributed by atoms with Gasteiger partial charge in [0.05, 0.1) is 0 Å². The molecule has 2 aromatic heterocycles. The predicted molar refractivity (Wildman–Crippen MR) is 85.6 cm³/mol. The molecule has 8 heteroatoms. The number of aromatic nitrogens is 3. The van der Waals surface area contributed by atoms with Gasteiger partial charge in [0.15, 0.2) is 0 Å². The Morgan fingerprint density at radius 2 is 2.04 bits per heavy atom. The molecular formula is C15H17N5O2S. The number of hydrogen-bond acceptors (Lipinski definition) is 6. The van der Waals surface area contributed by atoms with Gasteiger partial charge in [-0.3, -0.25) is 14.6 Å². The van der Waals surface area contributed by atoms with Gasteiger partial charge in [0.25, 0.3) is 0 Å². The first-order chi connectivity index (χ1) is 11.2. The summed E-state index contributed by atoms with van der Waals surface area (Å²) in [5, 5.41) is 10.5. The summed E-state index contributed by atoms with van der Waals surface area (Å²) in [7, 11) is 0. The highest BCUT2D eigenvalue weighted by atomic mass is 32.1. The molecule has 1 N–H and O–H groups in total. The van der Waals surface area contributed by atoms with Gasteiger partial charge >= 0.3 is 0 Å². The Morgan fingerprint density at radius 3 is 2.70 bits per heavy atom. The third-order valence-corrected chi connectivity index (χ3v) is 4.19. The number of carbonyl (C=O) groups is 2. The molecule has 0 radical (unpaired) electrons. The van der Waals surface area contributed by atoms with Crippen molar-refractivity contribution in [2.45, 2.75) is 38.3 Å². The second-order valence-electron chi connectivity index (χ2n) is 5.40. The van der Waals surface area contributed by atoms with E-state index < -0.39 is 0 Å². The Morgan fingerprint density at radius 1 is 1.26 bits per heavy atom. The van der Waals surface area contributed by atoms with E-state index in [4.69, 9.17) is 0 Å². The average Bonchev–Trinajstić information content (AvgIpc) is 3.28. The number of pyridine rings is 1. The van der Waals surface area contributed by atoms with E-state index in [1.165, 1.54) is 11.3 Å². The molecule has 23 heavy (non-hydrogen) atoms. The standard InChI is InChI=1S/C15H17N5O2S/c21-13(18-15-19-17-10-23-15)3-4-14(22)20(12-1-2-12)9-11-5-7-16-8-6-11/h5-8,10,12H,1-4,9H2,(H,18,19,21). The summed E-state index contributed by atoms with van der Waals surface area (Å²) in [6, 6.07) is 4.12. The molecule has 1 fully saturated rings. The Hall–Kier alpha value is -2.35. The SMILES string of the molecule is O=C(CCC(=O)N(Cc1ccncc1)C1CC1)Nc1nncs1. The van der Waals surface area contributed by atoms with Crippen molar-refractivity contribution >= 4 is 28.3 Å². The molecule has 0 saturated heterocycles. The van der Waals surface area contributed by atoms with Crippen molar-refractivity contribution in [2.75, 3.05) is 5.32 Å². The van der Waals surface area contributed by atoms with Gasteiger partial charge in [-0.25, -0.2) is 0 Å². The molecule has 0 aromatic carbocycles. The molecule has 3 rings (SSSR count). The lowest BCUT2D eigenvalue weighted by Crippen LogP contribution is -2.33. The molecular weight excluding hydrogens is 314 g/mol. The van der Waals surface area contributed by atoms with Crippen LogP contribution < -0.4 is 5.32 Å². The number of nitrogens with zero attached hydrogens (tertiary/aromatic N) is 4. The van der Waals surface area contributed by atoms with Gasteiger partial charge in [-0.2, -0.15) is 0 Å². The minimum Gasteiger partial charge on any atom is -0.335 e. The van der Waals surface area contributed by atoms with Gasteiger partial charge in [-0.1, -0.05) is 11.3 Å². The van der Waals surface area contributed by atoms with E-state index in [2.05, 4.69) is 20.5 Å². The largest absolute Gasteiger partial charge is 0.335 e. The molecule has 0 atom stereocenters. The Balaban J connectivity index is 1.51. The third-order valence-electron chi connectivity index (χ3n) is 3.58. The zero-order chi connectivity index (χ0) is 16.1. The second kappa shape index (κ2) is 7.28. The second-order valence-corrected chi connectivity index (χ2v) is 6.23. The van der Waals surface area contributed by atoms with Crippen LogP contribution in [0.15, 0.2) is 30.0 Å². The van der Waals surface area contributed by atoms with Crippen LogP contribution in [0.25, 0.3) is 0 Å². The van der Waals surface area contributed by atoms with Crippen LogP contribution in [0.2, 0.25) is 0 Å². The van der Waals surface area contributed by atoms with Crippen LogP contribution >= 0.6 is 11.3 Å². The fourth-order valence-electron chi connectivity index (χ4n) is 2.27. The first-order valence-electron chi connectivity index (χ1n) is 7.47. The maximum atomic E-state index is 12.4. The number of hydrogen-bond donors (Lipinski definition) is 1. The third kappa shape index (κ3) is 4.56. The summed E-state index contributed by atoms with van der Waals surface area (Å²) in [5.74, 6) is -0.202. The molecule has 0 bridgehead atoms. The van der Waals surface area contributed by atoms with Crippen molar-refractivity contribution in [3.05, 3.63) is 35.6 Å². The topological polar surface area (TPSA) is 88.1 Å². The Bertz CT molecular complexity index is 658. The van der Waals surface area contributed by atoms with Crippen LogP contribution in [0, 0.1) is 0 Å². The van der Waals surface area contributed by atoms with Gasteiger partial charge in [0.2, 0.25) is 16.9 Å². The lowest BCUT2D eigenvalue weighted by Gasteiger charge is -2.22. The highest BCUT2D eigenvalue weighted by molar-refractivity contribution is 7.13. The Labute approximate surface area is 137 Å². The molecule has 1 saturated carbocycles. The number of amides is 2. The van der Waals surface area contributed by atoms with E-state index in [0.29, 0.717) is 17.7 Å². The highest BCUT2D eigenvalue weighted by Gasteiger charge is 2.32. The van der Waals surface area contributed by atoms with Crippen LogP contribution in [0.5, 0.6) is 0 Å². The van der Waals surface area contributed by atoms with Crippen LogP contribution in [-0.4, -0.2) is 37.9 Å². The first-order valence-corrected chi connectivity index (χ1v) is 8.35. The lowest BCUT2D eigenvalue weighted by molar-refractivity contribution is -0.134. The van der Waals surface area contributed by atoms with Crippen molar-refractivity contribution in [1.82, 2.24) is 20.1 Å². The van der Waals surface area contributed by atoms with Crippen LogP contribution in [-0.2, 0) is 16.1 Å².